The first-order valence-corrected chi connectivity index (χ1v) is 5.03. The molecule has 3 heteroatoms. The van der Waals surface area contributed by atoms with Crippen LogP contribution < -0.4 is 4.90 Å². The largest absolute Gasteiger partial charge is 0.314 e. The van der Waals surface area contributed by atoms with Crippen molar-refractivity contribution in [2.75, 3.05) is 11.9 Å². The predicted octanol–water partition coefficient (Wildman–Crippen LogP) is 2.36. The predicted molar refractivity (Wildman–Crippen MR) is 55.9 cm³/mol. The van der Waals surface area contributed by atoms with Crippen LogP contribution in [0.3, 0.4) is 0 Å². The summed E-state index contributed by atoms with van der Waals surface area (Å²) in [6.07, 6.45) is 1.48. The zero-order valence-corrected chi connectivity index (χ0v) is 8.97. The Labute approximate surface area is 85.7 Å². The van der Waals surface area contributed by atoms with E-state index in [1.54, 1.807) is 4.90 Å². The minimum absolute atomic E-state index is 0.194. The van der Waals surface area contributed by atoms with Crippen molar-refractivity contribution in [3.63, 3.8) is 0 Å². The van der Waals surface area contributed by atoms with Gasteiger partial charge in [0.15, 0.2) is 0 Å². The van der Waals surface area contributed by atoms with E-state index < -0.39 is 0 Å². The molecule has 13 heavy (non-hydrogen) atoms. The number of hydrogen-bond donors (Lipinski definition) is 0. The summed E-state index contributed by atoms with van der Waals surface area (Å²) in [7, 11) is 1.82. The van der Waals surface area contributed by atoms with E-state index in [1.807, 2.05) is 19.2 Å². The number of fused-ring (bicyclic) bond motifs is 1. The molecule has 68 valence electrons. The van der Waals surface area contributed by atoms with Gasteiger partial charge >= 0.3 is 0 Å². The molecule has 0 aromatic heterocycles. The molecule has 0 N–H and O–H groups in total. The van der Waals surface area contributed by atoms with Gasteiger partial charge in [-0.15, -0.1) is 0 Å². The number of anilines is 1. The first-order chi connectivity index (χ1) is 6.20. The Morgan fingerprint density at radius 1 is 1.38 bits per heavy atom. The van der Waals surface area contributed by atoms with E-state index >= 15 is 0 Å². The first kappa shape index (κ1) is 8.75. The zero-order chi connectivity index (χ0) is 9.42. The summed E-state index contributed by atoms with van der Waals surface area (Å²) in [6, 6.07) is 6.05. The SMILES string of the molecule is CN1C(=O)CCc2cccc(Br)c21. The fourth-order valence-corrected chi connectivity index (χ4v) is 2.34. The molecule has 1 aliphatic rings. The molecule has 0 radical (unpaired) electrons. The van der Waals surface area contributed by atoms with Crippen molar-refractivity contribution < 1.29 is 4.79 Å². The molecule has 1 aliphatic heterocycles. The number of amides is 1. The molecule has 0 atom stereocenters. The number of nitrogens with zero attached hydrogens (tertiary/aromatic N) is 1. The molecule has 0 fully saturated rings. The van der Waals surface area contributed by atoms with Crippen LogP contribution in [0.4, 0.5) is 5.69 Å². The van der Waals surface area contributed by atoms with Crippen molar-refractivity contribution in [2.45, 2.75) is 12.8 Å². The van der Waals surface area contributed by atoms with Gasteiger partial charge in [-0.2, -0.15) is 0 Å². The van der Waals surface area contributed by atoms with E-state index in [9.17, 15) is 4.79 Å². The summed E-state index contributed by atoms with van der Waals surface area (Å²) in [4.78, 5) is 13.1. The number of rotatable bonds is 0. The molecular formula is C10H10BrNO. The third kappa shape index (κ3) is 1.37. The highest BCUT2D eigenvalue weighted by Crippen LogP contribution is 2.33. The molecular weight excluding hydrogens is 230 g/mol. The van der Waals surface area contributed by atoms with E-state index in [-0.39, 0.29) is 5.91 Å². The quantitative estimate of drug-likeness (QED) is 0.681. The summed E-state index contributed by atoms with van der Waals surface area (Å²) in [5.41, 5.74) is 2.27. The Morgan fingerprint density at radius 2 is 2.15 bits per heavy atom. The van der Waals surface area contributed by atoms with Crippen LogP contribution in [0, 0.1) is 0 Å². The fourth-order valence-electron chi connectivity index (χ4n) is 1.67. The minimum Gasteiger partial charge on any atom is -0.314 e. The van der Waals surface area contributed by atoms with Crippen molar-refractivity contribution in [3.8, 4) is 0 Å². The topological polar surface area (TPSA) is 20.3 Å². The third-order valence-corrected chi connectivity index (χ3v) is 3.03. The fraction of sp³-hybridized carbons (Fsp3) is 0.300. The van der Waals surface area contributed by atoms with Gasteiger partial charge in [0.25, 0.3) is 0 Å². The van der Waals surface area contributed by atoms with Crippen LogP contribution >= 0.6 is 15.9 Å². The second-order valence-electron chi connectivity index (χ2n) is 3.20. The highest BCUT2D eigenvalue weighted by molar-refractivity contribution is 9.10. The number of aryl methyl sites for hydroxylation is 1. The van der Waals surface area contributed by atoms with Crippen LogP contribution in [0.1, 0.15) is 12.0 Å². The number of para-hydroxylation sites is 1. The normalized spacial score (nSPS) is 15.8. The van der Waals surface area contributed by atoms with Crippen LogP contribution in [0.5, 0.6) is 0 Å². The molecule has 1 heterocycles. The molecule has 2 nitrogen and oxygen atoms in total. The lowest BCUT2D eigenvalue weighted by molar-refractivity contribution is -0.118. The molecule has 0 saturated carbocycles. The molecule has 1 aromatic rings. The lowest BCUT2D eigenvalue weighted by Crippen LogP contribution is -2.31. The number of hydrogen-bond acceptors (Lipinski definition) is 1. The number of carbonyl (C=O) groups is 1. The summed E-state index contributed by atoms with van der Waals surface area (Å²) in [5, 5.41) is 0. The smallest absolute Gasteiger partial charge is 0.227 e. The Balaban J connectivity index is 2.57. The molecule has 0 aliphatic carbocycles. The summed E-state index contributed by atoms with van der Waals surface area (Å²) in [6.45, 7) is 0. The van der Waals surface area contributed by atoms with Gasteiger partial charge in [-0.25, -0.2) is 0 Å². The molecule has 0 saturated heterocycles. The van der Waals surface area contributed by atoms with Crippen molar-refractivity contribution >= 4 is 27.5 Å². The highest BCUT2D eigenvalue weighted by Gasteiger charge is 2.22. The monoisotopic (exact) mass is 239 g/mol. The van der Waals surface area contributed by atoms with E-state index in [0.717, 1.165) is 16.6 Å². The average molecular weight is 240 g/mol. The molecule has 1 amide bonds. The summed E-state index contributed by atoms with van der Waals surface area (Å²) < 4.78 is 1.00. The van der Waals surface area contributed by atoms with Gasteiger partial charge in [0.05, 0.1) is 5.69 Å². The maximum absolute atomic E-state index is 11.4. The lowest BCUT2D eigenvalue weighted by atomic mass is 10.0. The van der Waals surface area contributed by atoms with Crippen molar-refractivity contribution in [2.24, 2.45) is 0 Å². The van der Waals surface area contributed by atoms with Crippen LogP contribution in [-0.4, -0.2) is 13.0 Å². The molecule has 2 rings (SSSR count). The van der Waals surface area contributed by atoms with Crippen LogP contribution in [0.2, 0.25) is 0 Å². The second-order valence-corrected chi connectivity index (χ2v) is 4.05. The lowest BCUT2D eigenvalue weighted by Gasteiger charge is -2.26. The van der Waals surface area contributed by atoms with Gasteiger partial charge < -0.3 is 4.90 Å². The molecule has 0 spiro atoms. The molecule has 0 unspecified atom stereocenters. The van der Waals surface area contributed by atoms with Gasteiger partial charge in [0.2, 0.25) is 5.91 Å². The maximum atomic E-state index is 11.4. The van der Waals surface area contributed by atoms with Crippen molar-refractivity contribution in [3.05, 3.63) is 28.2 Å². The van der Waals surface area contributed by atoms with Crippen LogP contribution in [0.25, 0.3) is 0 Å². The van der Waals surface area contributed by atoms with E-state index in [4.69, 9.17) is 0 Å². The third-order valence-electron chi connectivity index (χ3n) is 2.39. The van der Waals surface area contributed by atoms with Gasteiger partial charge in [0, 0.05) is 17.9 Å². The zero-order valence-electron chi connectivity index (χ0n) is 7.38. The van der Waals surface area contributed by atoms with Crippen molar-refractivity contribution in [1.82, 2.24) is 0 Å². The molecule has 0 bridgehead atoms. The van der Waals surface area contributed by atoms with E-state index in [1.165, 1.54) is 5.56 Å². The van der Waals surface area contributed by atoms with Crippen LogP contribution in [-0.2, 0) is 11.2 Å². The van der Waals surface area contributed by atoms with Gasteiger partial charge in [-0.05, 0) is 34.0 Å². The van der Waals surface area contributed by atoms with Gasteiger partial charge in [0.1, 0.15) is 0 Å². The van der Waals surface area contributed by atoms with Gasteiger partial charge in [-0.1, -0.05) is 12.1 Å². The van der Waals surface area contributed by atoms with Crippen LogP contribution in [0.15, 0.2) is 22.7 Å². The Bertz CT molecular complexity index is 362. The molecule has 1 aromatic carbocycles. The minimum atomic E-state index is 0.194. The summed E-state index contributed by atoms with van der Waals surface area (Å²) in [5.74, 6) is 0.194. The summed E-state index contributed by atoms with van der Waals surface area (Å²) >= 11 is 3.46. The van der Waals surface area contributed by atoms with Gasteiger partial charge in [-0.3, -0.25) is 4.79 Å². The second kappa shape index (κ2) is 3.14. The highest BCUT2D eigenvalue weighted by atomic mass is 79.9. The first-order valence-electron chi connectivity index (χ1n) is 4.24. The Hall–Kier alpha value is -0.830. The van der Waals surface area contributed by atoms with E-state index in [2.05, 4.69) is 22.0 Å². The number of carbonyl (C=O) groups excluding carboxylic acids is 1. The number of benzene rings is 1. The number of halogens is 1. The Morgan fingerprint density at radius 3 is 2.92 bits per heavy atom. The standard InChI is InChI=1S/C10H10BrNO/c1-12-9(13)6-5-7-3-2-4-8(11)10(7)12/h2-4H,5-6H2,1H3. The maximum Gasteiger partial charge on any atom is 0.227 e. The average Bonchev–Trinajstić information content (AvgIpc) is 2.12. The van der Waals surface area contributed by atoms with Crippen molar-refractivity contribution in [1.29, 1.82) is 0 Å². The Kier molecular flexibility index (Phi) is 2.12. The van der Waals surface area contributed by atoms with E-state index in [0.29, 0.717) is 6.42 Å².